The first-order chi connectivity index (χ1) is 7.27. The molecule has 1 heteroatoms. The molecule has 1 saturated carbocycles. The van der Waals surface area contributed by atoms with E-state index in [4.69, 9.17) is 0 Å². The number of aryl methyl sites for hydroxylation is 3. The molecule has 0 atom stereocenters. The molecule has 1 heterocycles. The van der Waals surface area contributed by atoms with E-state index in [1.165, 1.54) is 56.2 Å². The molecule has 0 saturated heterocycles. The van der Waals surface area contributed by atoms with Crippen molar-refractivity contribution in [3.63, 3.8) is 0 Å². The summed E-state index contributed by atoms with van der Waals surface area (Å²) in [5, 5.41) is 0. The van der Waals surface area contributed by atoms with Crippen molar-refractivity contribution in [3.05, 3.63) is 21.4 Å². The highest BCUT2D eigenvalue weighted by Gasteiger charge is 2.35. The average Bonchev–Trinajstić information content (AvgIpc) is 2.76. The zero-order valence-electron chi connectivity index (χ0n) is 9.64. The fourth-order valence-corrected chi connectivity index (χ4v) is 4.65. The molecule has 1 spiro atoms. The zero-order valence-corrected chi connectivity index (χ0v) is 10.5. The van der Waals surface area contributed by atoms with Crippen LogP contribution in [0.1, 0.15) is 53.8 Å². The lowest BCUT2D eigenvalue weighted by atomic mass is 9.79. The standard InChI is InChI=1S/C14H20S/c1-11-10-12-4-8-14(6-2-3-7-14)9-5-13(12)15-11/h10H,2-9H2,1H3. The predicted octanol–water partition coefficient (Wildman–Crippen LogP) is 4.50. The van der Waals surface area contributed by atoms with Gasteiger partial charge in [-0.15, -0.1) is 11.3 Å². The van der Waals surface area contributed by atoms with Gasteiger partial charge in [-0.3, -0.25) is 0 Å². The van der Waals surface area contributed by atoms with Gasteiger partial charge in [-0.2, -0.15) is 0 Å². The second-order valence-corrected chi connectivity index (χ2v) is 6.85. The molecule has 0 unspecified atom stereocenters. The smallest absolute Gasteiger partial charge is 0.00802 e. The molecule has 0 nitrogen and oxygen atoms in total. The van der Waals surface area contributed by atoms with Gasteiger partial charge in [-0.05, 0) is 62.5 Å². The molecule has 0 aromatic carbocycles. The number of rotatable bonds is 0. The van der Waals surface area contributed by atoms with E-state index in [1.807, 2.05) is 11.3 Å². The summed E-state index contributed by atoms with van der Waals surface area (Å²) in [6, 6.07) is 2.44. The maximum absolute atomic E-state index is 2.44. The number of thiophene rings is 1. The minimum atomic E-state index is 0.757. The second-order valence-electron chi connectivity index (χ2n) is 5.51. The van der Waals surface area contributed by atoms with Crippen LogP contribution in [-0.2, 0) is 12.8 Å². The summed E-state index contributed by atoms with van der Waals surface area (Å²) in [6.07, 6.45) is 11.7. The van der Waals surface area contributed by atoms with Crippen molar-refractivity contribution in [1.82, 2.24) is 0 Å². The molecular weight excluding hydrogens is 200 g/mol. The molecule has 0 amide bonds. The fourth-order valence-electron chi connectivity index (χ4n) is 3.57. The summed E-state index contributed by atoms with van der Waals surface area (Å²) in [7, 11) is 0. The van der Waals surface area contributed by atoms with Crippen LogP contribution in [0.4, 0.5) is 0 Å². The first-order valence-corrected chi connectivity index (χ1v) is 7.17. The third kappa shape index (κ3) is 1.75. The van der Waals surface area contributed by atoms with Crippen LogP contribution < -0.4 is 0 Å². The number of hydrogen-bond donors (Lipinski definition) is 0. The van der Waals surface area contributed by atoms with E-state index >= 15 is 0 Å². The topological polar surface area (TPSA) is 0 Å². The van der Waals surface area contributed by atoms with Crippen LogP contribution >= 0.6 is 11.3 Å². The Balaban J connectivity index is 1.83. The molecule has 0 bridgehead atoms. The Labute approximate surface area is 96.7 Å². The van der Waals surface area contributed by atoms with Crippen molar-refractivity contribution in [3.8, 4) is 0 Å². The Hall–Kier alpha value is -0.300. The van der Waals surface area contributed by atoms with Crippen LogP contribution in [0.25, 0.3) is 0 Å². The van der Waals surface area contributed by atoms with Crippen molar-refractivity contribution in [2.75, 3.05) is 0 Å². The van der Waals surface area contributed by atoms with Gasteiger partial charge >= 0.3 is 0 Å². The van der Waals surface area contributed by atoms with Crippen molar-refractivity contribution < 1.29 is 0 Å². The minimum absolute atomic E-state index is 0.757. The van der Waals surface area contributed by atoms with Crippen LogP contribution in [-0.4, -0.2) is 0 Å². The van der Waals surface area contributed by atoms with Gasteiger partial charge in [0.05, 0.1) is 0 Å². The predicted molar refractivity (Wildman–Crippen MR) is 66.6 cm³/mol. The number of fused-ring (bicyclic) bond motifs is 1. The molecular formula is C14H20S. The summed E-state index contributed by atoms with van der Waals surface area (Å²) in [5.74, 6) is 0. The van der Waals surface area contributed by atoms with Crippen molar-refractivity contribution in [2.24, 2.45) is 5.41 Å². The summed E-state index contributed by atoms with van der Waals surface area (Å²) in [4.78, 5) is 3.22. The molecule has 15 heavy (non-hydrogen) atoms. The Morgan fingerprint density at radius 1 is 1.07 bits per heavy atom. The third-order valence-electron chi connectivity index (χ3n) is 4.49. The normalized spacial score (nSPS) is 24.1. The van der Waals surface area contributed by atoms with Crippen LogP contribution in [0.5, 0.6) is 0 Å². The Morgan fingerprint density at radius 2 is 1.80 bits per heavy atom. The van der Waals surface area contributed by atoms with Gasteiger partial charge in [0.15, 0.2) is 0 Å². The highest BCUT2D eigenvalue weighted by atomic mass is 32.1. The van der Waals surface area contributed by atoms with Gasteiger partial charge in [0.1, 0.15) is 0 Å². The van der Waals surface area contributed by atoms with E-state index in [0.29, 0.717) is 0 Å². The number of hydrogen-bond acceptors (Lipinski definition) is 1. The molecule has 2 aliphatic rings. The molecule has 1 aromatic rings. The quantitative estimate of drug-likeness (QED) is 0.604. The highest BCUT2D eigenvalue weighted by molar-refractivity contribution is 7.12. The van der Waals surface area contributed by atoms with Crippen molar-refractivity contribution in [1.29, 1.82) is 0 Å². The van der Waals surface area contributed by atoms with Crippen LogP contribution in [0, 0.1) is 12.3 Å². The molecule has 1 aromatic heterocycles. The minimum Gasteiger partial charge on any atom is -0.145 e. The van der Waals surface area contributed by atoms with E-state index in [9.17, 15) is 0 Å². The molecule has 0 radical (unpaired) electrons. The van der Waals surface area contributed by atoms with Gasteiger partial charge in [-0.1, -0.05) is 12.8 Å². The van der Waals surface area contributed by atoms with Gasteiger partial charge < -0.3 is 0 Å². The third-order valence-corrected chi connectivity index (χ3v) is 5.64. The van der Waals surface area contributed by atoms with E-state index < -0.39 is 0 Å². The van der Waals surface area contributed by atoms with Gasteiger partial charge in [0, 0.05) is 9.75 Å². The summed E-state index contributed by atoms with van der Waals surface area (Å²) in [6.45, 7) is 2.25. The lowest BCUT2D eigenvalue weighted by Crippen LogP contribution is -2.16. The van der Waals surface area contributed by atoms with Gasteiger partial charge in [0.2, 0.25) is 0 Å². The Kier molecular flexibility index (Phi) is 2.39. The lowest BCUT2D eigenvalue weighted by Gasteiger charge is -2.26. The Bertz CT molecular complexity index is 328. The van der Waals surface area contributed by atoms with Gasteiger partial charge in [0.25, 0.3) is 0 Å². The van der Waals surface area contributed by atoms with Crippen molar-refractivity contribution in [2.45, 2.75) is 58.3 Å². The largest absolute Gasteiger partial charge is 0.145 e. The van der Waals surface area contributed by atoms with E-state index in [-0.39, 0.29) is 0 Å². The molecule has 2 aliphatic carbocycles. The van der Waals surface area contributed by atoms with Crippen LogP contribution in [0.3, 0.4) is 0 Å². The molecule has 1 fully saturated rings. The Morgan fingerprint density at radius 3 is 2.60 bits per heavy atom. The van der Waals surface area contributed by atoms with Crippen molar-refractivity contribution >= 4 is 11.3 Å². The second kappa shape index (κ2) is 3.62. The summed E-state index contributed by atoms with van der Waals surface area (Å²) >= 11 is 2.05. The molecule has 3 rings (SSSR count). The average molecular weight is 220 g/mol. The first-order valence-electron chi connectivity index (χ1n) is 6.36. The van der Waals surface area contributed by atoms with Gasteiger partial charge in [-0.25, -0.2) is 0 Å². The molecule has 0 N–H and O–H groups in total. The maximum Gasteiger partial charge on any atom is 0.00802 e. The maximum atomic E-state index is 2.44. The monoisotopic (exact) mass is 220 g/mol. The summed E-state index contributed by atoms with van der Waals surface area (Å²) in [5.41, 5.74) is 2.44. The van der Waals surface area contributed by atoms with E-state index in [2.05, 4.69) is 13.0 Å². The molecule has 0 aliphatic heterocycles. The zero-order chi connectivity index (χ0) is 10.3. The van der Waals surface area contributed by atoms with Crippen LogP contribution in [0.2, 0.25) is 0 Å². The highest BCUT2D eigenvalue weighted by Crippen LogP contribution is 2.48. The van der Waals surface area contributed by atoms with Crippen LogP contribution in [0.15, 0.2) is 6.07 Å². The SMILES string of the molecule is Cc1cc2c(s1)CCC1(CCCC1)CC2. The van der Waals surface area contributed by atoms with E-state index in [1.54, 1.807) is 10.4 Å². The lowest BCUT2D eigenvalue weighted by molar-refractivity contribution is 0.256. The van der Waals surface area contributed by atoms with E-state index in [0.717, 1.165) is 5.41 Å². The fraction of sp³-hybridized carbons (Fsp3) is 0.714. The summed E-state index contributed by atoms with van der Waals surface area (Å²) < 4.78 is 0. The first kappa shape index (κ1) is 9.89. The molecule has 82 valence electrons.